The van der Waals surface area contributed by atoms with Crippen LogP contribution in [0, 0.1) is 0 Å². The fourth-order valence-electron chi connectivity index (χ4n) is 1.13. The standard InChI is InChI=1S/C10H10F2OS/c1-7(13)6-8-4-2-3-5-9(8)14-10(11)12/h2-5,10H,6H2,1H3. The summed E-state index contributed by atoms with van der Waals surface area (Å²) in [5, 5.41) is 0. The molecule has 0 amide bonds. The maximum absolute atomic E-state index is 12.1. The molecule has 0 N–H and O–H groups in total. The average Bonchev–Trinajstić information content (AvgIpc) is 2.06. The van der Waals surface area contributed by atoms with Gasteiger partial charge in [-0.15, -0.1) is 0 Å². The van der Waals surface area contributed by atoms with Crippen LogP contribution in [0.15, 0.2) is 29.2 Å². The summed E-state index contributed by atoms with van der Waals surface area (Å²) in [6.45, 7) is 1.45. The van der Waals surface area contributed by atoms with Crippen LogP contribution >= 0.6 is 11.8 Å². The lowest BCUT2D eigenvalue weighted by molar-refractivity contribution is -0.116. The van der Waals surface area contributed by atoms with E-state index < -0.39 is 5.76 Å². The highest BCUT2D eigenvalue weighted by Crippen LogP contribution is 2.28. The van der Waals surface area contributed by atoms with Crippen molar-refractivity contribution < 1.29 is 13.6 Å². The predicted molar refractivity (Wildman–Crippen MR) is 52.7 cm³/mol. The zero-order chi connectivity index (χ0) is 10.6. The number of carbonyl (C=O) groups is 1. The predicted octanol–water partition coefficient (Wildman–Crippen LogP) is 3.13. The summed E-state index contributed by atoms with van der Waals surface area (Å²) in [6.07, 6.45) is 0.218. The molecule has 1 aromatic carbocycles. The normalized spacial score (nSPS) is 10.6. The van der Waals surface area contributed by atoms with Crippen LogP contribution in [-0.2, 0) is 11.2 Å². The van der Waals surface area contributed by atoms with Crippen LogP contribution in [0.1, 0.15) is 12.5 Å². The molecule has 0 aliphatic carbocycles. The molecule has 0 bridgehead atoms. The Kier molecular flexibility index (Phi) is 4.07. The fourth-order valence-corrected chi connectivity index (χ4v) is 1.77. The number of halogens is 2. The van der Waals surface area contributed by atoms with E-state index in [0.717, 1.165) is 0 Å². The molecule has 4 heteroatoms. The molecule has 1 aromatic rings. The Bertz CT molecular complexity index is 326. The SMILES string of the molecule is CC(=O)Cc1ccccc1SC(F)F. The number of thioether (sulfide) groups is 1. The number of ketones is 1. The Morgan fingerprint density at radius 2 is 2.07 bits per heavy atom. The van der Waals surface area contributed by atoms with Gasteiger partial charge in [-0.2, -0.15) is 8.78 Å². The minimum atomic E-state index is -2.44. The minimum Gasteiger partial charge on any atom is -0.300 e. The van der Waals surface area contributed by atoms with E-state index in [4.69, 9.17) is 0 Å². The zero-order valence-electron chi connectivity index (χ0n) is 7.67. The van der Waals surface area contributed by atoms with Crippen molar-refractivity contribution in [3.63, 3.8) is 0 Å². The lowest BCUT2D eigenvalue weighted by Gasteiger charge is -2.06. The van der Waals surface area contributed by atoms with Crippen LogP contribution in [0.3, 0.4) is 0 Å². The third kappa shape index (κ3) is 3.46. The Labute approximate surface area is 85.5 Å². The number of Topliss-reactive ketones (excluding diaryl/α,β-unsaturated/α-hetero) is 1. The molecule has 0 spiro atoms. The second kappa shape index (κ2) is 5.10. The van der Waals surface area contributed by atoms with E-state index in [0.29, 0.717) is 22.2 Å². The molecular formula is C10H10F2OS. The highest BCUT2D eigenvalue weighted by molar-refractivity contribution is 7.99. The van der Waals surface area contributed by atoms with E-state index in [2.05, 4.69) is 0 Å². The molecule has 1 rings (SSSR count). The van der Waals surface area contributed by atoms with Gasteiger partial charge in [0.25, 0.3) is 5.76 Å². The van der Waals surface area contributed by atoms with Gasteiger partial charge in [0.2, 0.25) is 0 Å². The monoisotopic (exact) mass is 216 g/mol. The van der Waals surface area contributed by atoms with E-state index in [1.807, 2.05) is 0 Å². The van der Waals surface area contributed by atoms with Crippen molar-refractivity contribution in [1.29, 1.82) is 0 Å². The number of carbonyl (C=O) groups excluding carboxylic acids is 1. The van der Waals surface area contributed by atoms with Gasteiger partial charge in [0, 0.05) is 11.3 Å². The van der Waals surface area contributed by atoms with Gasteiger partial charge in [0.05, 0.1) is 0 Å². The highest BCUT2D eigenvalue weighted by Gasteiger charge is 2.10. The van der Waals surface area contributed by atoms with Gasteiger partial charge in [0.15, 0.2) is 0 Å². The number of hydrogen-bond acceptors (Lipinski definition) is 2. The number of alkyl halides is 2. The van der Waals surface area contributed by atoms with Crippen LogP contribution in [-0.4, -0.2) is 11.5 Å². The molecule has 76 valence electrons. The largest absolute Gasteiger partial charge is 0.300 e. The summed E-state index contributed by atoms with van der Waals surface area (Å²) in [6, 6.07) is 6.74. The third-order valence-electron chi connectivity index (χ3n) is 1.63. The first-order valence-corrected chi connectivity index (χ1v) is 4.99. The van der Waals surface area contributed by atoms with Crippen molar-refractivity contribution in [3.8, 4) is 0 Å². The van der Waals surface area contributed by atoms with Crippen LogP contribution in [0.4, 0.5) is 8.78 Å². The molecule has 14 heavy (non-hydrogen) atoms. The molecule has 0 fully saturated rings. The van der Waals surface area contributed by atoms with E-state index in [9.17, 15) is 13.6 Å². The molecule has 0 aromatic heterocycles. The van der Waals surface area contributed by atoms with Crippen molar-refractivity contribution in [2.75, 3.05) is 0 Å². The molecular weight excluding hydrogens is 206 g/mol. The Morgan fingerprint density at radius 3 is 2.64 bits per heavy atom. The maximum Gasteiger partial charge on any atom is 0.288 e. The quantitative estimate of drug-likeness (QED) is 0.719. The molecule has 0 aliphatic heterocycles. The molecule has 1 nitrogen and oxygen atoms in total. The third-order valence-corrected chi connectivity index (χ3v) is 2.46. The van der Waals surface area contributed by atoms with Crippen LogP contribution in [0.2, 0.25) is 0 Å². The van der Waals surface area contributed by atoms with Gasteiger partial charge in [0.1, 0.15) is 5.78 Å². The Morgan fingerprint density at radius 1 is 1.43 bits per heavy atom. The first kappa shape index (κ1) is 11.2. The summed E-state index contributed by atoms with van der Waals surface area (Å²) in [5.74, 6) is -2.46. The van der Waals surface area contributed by atoms with Gasteiger partial charge in [-0.1, -0.05) is 30.0 Å². The van der Waals surface area contributed by atoms with Crippen molar-refractivity contribution in [2.45, 2.75) is 24.0 Å². The van der Waals surface area contributed by atoms with Crippen LogP contribution in [0.25, 0.3) is 0 Å². The second-order valence-electron chi connectivity index (χ2n) is 2.87. The number of hydrogen-bond donors (Lipinski definition) is 0. The molecule has 0 saturated carbocycles. The lowest BCUT2D eigenvalue weighted by atomic mass is 10.1. The number of benzene rings is 1. The minimum absolute atomic E-state index is 0.0210. The summed E-state index contributed by atoms with van der Waals surface area (Å²) in [7, 11) is 0. The molecule has 0 saturated heterocycles. The van der Waals surface area contributed by atoms with E-state index in [1.54, 1.807) is 24.3 Å². The van der Waals surface area contributed by atoms with Crippen LogP contribution < -0.4 is 0 Å². The Hall–Kier alpha value is -0.900. The zero-order valence-corrected chi connectivity index (χ0v) is 8.48. The van der Waals surface area contributed by atoms with Gasteiger partial charge < -0.3 is 0 Å². The highest BCUT2D eigenvalue weighted by atomic mass is 32.2. The summed E-state index contributed by atoms with van der Waals surface area (Å²) in [4.78, 5) is 11.3. The molecule has 0 aliphatic rings. The fraction of sp³-hybridized carbons (Fsp3) is 0.300. The van der Waals surface area contributed by atoms with Gasteiger partial charge in [-0.05, 0) is 18.6 Å². The first-order valence-electron chi connectivity index (χ1n) is 4.11. The smallest absolute Gasteiger partial charge is 0.288 e. The van der Waals surface area contributed by atoms with Gasteiger partial charge in [-0.25, -0.2) is 0 Å². The van der Waals surface area contributed by atoms with Crippen molar-refractivity contribution in [1.82, 2.24) is 0 Å². The van der Waals surface area contributed by atoms with E-state index in [1.165, 1.54) is 6.92 Å². The van der Waals surface area contributed by atoms with Crippen molar-refractivity contribution in [2.24, 2.45) is 0 Å². The van der Waals surface area contributed by atoms with Crippen LogP contribution in [0.5, 0.6) is 0 Å². The lowest BCUT2D eigenvalue weighted by Crippen LogP contribution is -1.98. The van der Waals surface area contributed by atoms with E-state index in [-0.39, 0.29) is 12.2 Å². The van der Waals surface area contributed by atoms with E-state index >= 15 is 0 Å². The topological polar surface area (TPSA) is 17.1 Å². The molecule has 0 heterocycles. The molecule has 0 radical (unpaired) electrons. The van der Waals surface area contributed by atoms with Gasteiger partial charge >= 0.3 is 0 Å². The first-order chi connectivity index (χ1) is 6.59. The molecule has 0 atom stereocenters. The second-order valence-corrected chi connectivity index (χ2v) is 3.90. The summed E-state index contributed by atoms with van der Waals surface area (Å²) < 4.78 is 24.2. The Balaban J connectivity index is 2.85. The number of rotatable bonds is 4. The summed E-state index contributed by atoms with van der Waals surface area (Å²) >= 11 is 0.481. The van der Waals surface area contributed by atoms with Crippen molar-refractivity contribution in [3.05, 3.63) is 29.8 Å². The maximum atomic E-state index is 12.1. The summed E-state index contributed by atoms with van der Waals surface area (Å²) in [5.41, 5.74) is 0.672. The van der Waals surface area contributed by atoms with Crippen molar-refractivity contribution >= 4 is 17.5 Å². The molecule has 0 unspecified atom stereocenters. The van der Waals surface area contributed by atoms with Gasteiger partial charge in [-0.3, -0.25) is 4.79 Å². The average molecular weight is 216 g/mol.